The van der Waals surface area contributed by atoms with Gasteiger partial charge in [-0.15, -0.1) is 0 Å². The van der Waals surface area contributed by atoms with Gasteiger partial charge in [0.05, 0.1) is 16.3 Å². The first kappa shape index (κ1) is 20.2. The normalized spacial score (nSPS) is 15.8. The van der Waals surface area contributed by atoms with E-state index >= 15 is 0 Å². The quantitative estimate of drug-likeness (QED) is 0.833. The molecule has 0 saturated heterocycles. The van der Waals surface area contributed by atoms with Crippen LogP contribution in [0.3, 0.4) is 0 Å². The molecule has 1 aromatic carbocycles. The van der Waals surface area contributed by atoms with Gasteiger partial charge in [-0.25, -0.2) is 13.4 Å². The zero-order valence-electron chi connectivity index (χ0n) is 16.3. The van der Waals surface area contributed by atoms with Crippen molar-refractivity contribution < 1.29 is 18.0 Å². The molecule has 0 saturated carbocycles. The summed E-state index contributed by atoms with van der Waals surface area (Å²) in [4.78, 5) is 29.6. The van der Waals surface area contributed by atoms with Gasteiger partial charge in [0.1, 0.15) is 5.69 Å². The molecule has 0 aliphatic heterocycles. The van der Waals surface area contributed by atoms with E-state index in [-0.39, 0.29) is 34.6 Å². The van der Waals surface area contributed by atoms with E-state index in [9.17, 15) is 18.0 Å². The van der Waals surface area contributed by atoms with Crippen LogP contribution in [0.15, 0.2) is 41.3 Å². The van der Waals surface area contributed by atoms with Gasteiger partial charge in [-0.2, -0.15) is 0 Å². The molecule has 1 aliphatic carbocycles. The van der Waals surface area contributed by atoms with Gasteiger partial charge in [0.15, 0.2) is 15.6 Å². The number of carbonyl (C=O) groups excluding carboxylic acids is 2. The Kier molecular flexibility index (Phi) is 5.39. The molecule has 1 aliphatic rings. The lowest BCUT2D eigenvalue weighted by Crippen LogP contribution is -2.32. The zero-order chi connectivity index (χ0) is 20.5. The molecule has 148 valence electrons. The molecule has 0 spiro atoms. The van der Waals surface area contributed by atoms with Crippen LogP contribution in [0.1, 0.15) is 59.3 Å². The number of benzene rings is 1. The number of amides is 1. The minimum atomic E-state index is -3.24. The molecule has 3 rings (SSSR count). The van der Waals surface area contributed by atoms with Gasteiger partial charge in [0, 0.05) is 17.5 Å². The summed E-state index contributed by atoms with van der Waals surface area (Å²) in [5.74, 6) is -0.215. The summed E-state index contributed by atoms with van der Waals surface area (Å²) < 4.78 is 23.7. The molecule has 0 unspecified atom stereocenters. The van der Waals surface area contributed by atoms with Gasteiger partial charge in [0.25, 0.3) is 5.91 Å². The highest BCUT2D eigenvalue weighted by molar-refractivity contribution is 7.91. The summed E-state index contributed by atoms with van der Waals surface area (Å²) in [6.45, 7) is 5.71. The number of nitrogens with zero attached hydrogens (tertiary/aromatic N) is 1. The maximum Gasteiger partial charge on any atom is 0.270 e. The minimum absolute atomic E-state index is 0.0484. The van der Waals surface area contributed by atoms with Crippen LogP contribution in [-0.2, 0) is 22.8 Å². The number of Topliss-reactive ketones (excluding diaryl/α,β-unsaturated/α-hetero) is 1. The van der Waals surface area contributed by atoms with Crippen molar-refractivity contribution in [2.75, 3.05) is 5.75 Å². The first-order valence-electron chi connectivity index (χ1n) is 9.28. The number of fused-ring (bicyclic) bond motifs is 1. The van der Waals surface area contributed by atoms with Crippen LogP contribution in [0.5, 0.6) is 0 Å². The van der Waals surface area contributed by atoms with Crippen LogP contribution in [0.2, 0.25) is 0 Å². The predicted octanol–water partition coefficient (Wildman–Crippen LogP) is 2.96. The second kappa shape index (κ2) is 7.47. The average Bonchev–Trinajstić information content (AvgIpc) is 2.69. The van der Waals surface area contributed by atoms with Gasteiger partial charge in [-0.05, 0) is 42.7 Å². The number of hydrogen-bond donors (Lipinski definition) is 1. The molecular formula is C21H24N2O4S. The molecule has 0 radical (unpaired) electrons. The Morgan fingerprint density at radius 1 is 1.14 bits per heavy atom. The molecule has 1 aromatic heterocycles. The molecule has 0 fully saturated rings. The summed E-state index contributed by atoms with van der Waals surface area (Å²) in [6, 6.07) is 9.72. The predicted molar refractivity (Wildman–Crippen MR) is 106 cm³/mol. The Morgan fingerprint density at radius 2 is 1.82 bits per heavy atom. The van der Waals surface area contributed by atoms with Crippen molar-refractivity contribution in [3.63, 3.8) is 0 Å². The molecule has 0 bridgehead atoms. The van der Waals surface area contributed by atoms with Crippen molar-refractivity contribution in [1.29, 1.82) is 0 Å². The van der Waals surface area contributed by atoms with Crippen LogP contribution in [0.25, 0.3) is 0 Å². The van der Waals surface area contributed by atoms with E-state index < -0.39 is 15.3 Å². The maximum absolute atomic E-state index is 12.5. The molecule has 6 nitrogen and oxygen atoms in total. The average molecular weight is 401 g/mol. The van der Waals surface area contributed by atoms with Crippen LogP contribution >= 0.6 is 0 Å². The van der Waals surface area contributed by atoms with Crippen molar-refractivity contribution in [3.05, 3.63) is 58.9 Å². The lowest BCUT2D eigenvalue weighted by Gasteiger charge is -2.28. The van der Waals surface area contributed by atoms with Gasteiger partial charge in [0.2, 0.25) is 0 Å². The third-order valence-electron chi connectivity index (χ3n) is 5.17. The molecule has 1 N–H and O–H groups in total. The highest BCUT2D eigenvalue weighted by Gasteiger charge is 2.35. The van der Waals surface area contributed by atoms with E-state index in [0.29, 0.717) is 24.1 Å². The number of rotatable bonds is 5. The summed E-state index contributed by atoms with van der Waals surface area (Å²) >= 11 is 0. The smallest absolute Gasteiger partial charge is 0.270 e. The molecule has 2 aromatic rings. The van der Waals surface area contributed by atoms with Crippen molar-refractivity contribution in [3.8, 4) is 0 Å². The van der Waals surface area contributed by atoms with Crippen molar-refractivity contribution >= 4 is 21.5 Å². The third-order valence-corrected chi connectivity index (χ3v) is 6.92. The fraction of sp³-hybridized carbons (Fsp3) is 0.381. The summed E-state index contributed by atoms with van der Waals surface area (Å²) in [6.07, 6.45) is 1.38. The summed E-state index contributed by atoms with van der Waals surface area (Å²) in [5.41, 5.74) is 1.94. The first-order valence-corrected chi connectivity index (χ1v) is 10.9. The number of aryl methyl sites for hydroxylation is 1. The van der Waals surface area contributed by atoms with Crippen LogP contribution < -0.4 is 5.32 Å². The molecule has 1 amide bonds. The van der Waals surface area contributed by atoms with E-state index in [4.69, 9.17) is 0 Å². The number of ketones is 1. The van der Waals surface area contributed by atoms with Gasteiger partial charge < -0.3 is 5.32 Å². The molecular weight excluding hydrogens is 376 g/mol. The van der Waals surface area contributed by atoms with E-state index in [1.165, 1.54) is 0 Å². The minimum Gasteiger partial charge on any atom is -0.347 e. The van der Waals surface area contributed by atoms with Gasteiger partial charge in [-0.1, -0.05) is 32.9 Å². The number of pyridine rings is 1. The summed E-state index contributed by atoms with van der Waals surface area (Å²) in [5, 5.41) is 2.79. The Hall–Kier alpha value is -2.54. The number of aromatic nitrogens is 1. The van der Waals surface area contributed by atoms with Gasteiger partial charge >= 0.3 is 0 Å². The maximum atomic E-state index is 12.5. The van der Waals surface area contributed by atoms with E-state index in [1.807, 2.05) is 13.8 Å². The highest BCUT2D eigenvalue weighted by Crippen LogP contribution is 2.33. The first-order chi connectivity index (χ1) is 13.1. The Labute approximate surface area is 165 Å². The summed E-state index contributed by atoms with van der Waals surface area (Å²) in [7, 11) is -3.24. The van der Waals surface area contributed by atoms with Gasteiger partial charge in [-0.3, -0.25) is 9.59 Å². The fourth-order valence-electron chi connectivity index (χ4n) is 3.19. The Morgan fingerprint density at radius 3 is 2.46 bits per heavy atom. The van der Waals surface area contributed by atoms with Crippen LogP contribution in [-0.4, -0.2) is 30.8 Å². The van der Waals surface area contributed by atoms with Crippen LogP contribution in [0.4, 0.5) is 0 Å². The number of hydrogen-bond acceptors (Lipinski definition) is 5. The molecule has 7 heteroatoms. The van der Waals surface area contributed by atoms with E-state index in [0.717, 1.165) is 5.56 Å². The lowest BCUT2D eigenvalue weighted by molar-refractivity contribution is 0.0807. The third kappa shape index (κ3) is 3.99. The molecule has 1 heterocycles. The fourth-order valence-corrected chi connectivity index (χ4v) is 4.07. The molecule has 0 atom stereocenters. The van der Waals surface area contributed by atoms with Crippen molar-refractivity contribution in [2.45, 2.75) is 45.1 Å². The second-order valence-corrected chi connectivity index (χ2v) is 9.91. The molecule has 28 heavy (non-hydrogen) atoms. The zero-order valence-corrected chi connectivity index (χ0v) is 17.1. The van der Waals surface area contributed by atoms with Crippen molar-refractivity contribution in [1.82, 2.24) is 10.3 Å². The van der Waals surface area contributed by atoms with Crippen molar-refractivity contribution in [2.24, 2.45) is 5.41 Å². The standard InChI is InChI=1S/C21H24N2O4S/c1-4-28(26,27)15-7-5-14(6-8-15)13-22-20(25)18-10-9-16-17(23-18)11-12-21(2,3)19(16)24/h5-10H,4,11-13H2,1-3H3,(H,22,25). The number of sulfone groups is 1. The lowest BCUT2D eigenvalue weighted by atomic mass is 9.75. The highest BCUT2D eigenvalue weighted by atomic mass is 32.2. The largest absolute Gasteiger partial charge is 0.347 e. The Balaban J connectivity index is 1.68. The Bertz CT molecular complexity index is 1020. The second-order valence-electron chi connectivity index (χ2n) is 7.63. The number of carbonyl (C=O) groups is 2. The van der Waals surface area contributed by atoms with E-state index in [1.54, 1.807) is 43.3 Å². The monoisotopic (exact) mass is 400 g/mol. The SMILES string of the molecule is CCS(=O)(=O)c1ccc(CNC(=O)c2ccc3c(n2)CCC(C)(C)C3=O)cc1. The van der Waals surface area contributed by atoms with E-state index in [2.05, 4.69) is 10.3 Å². The number of nitrogens with one attached hydrogen (secondary N) is 1. The van der Waals surface area contributed by atoms with Crippen LogP contribution in [0, 0.1) is 5.41 Å². The topological polar surface area (TPSA) is 93.2 Å².